The van der Waals surface area contributed by atoms with Crippen LogP contribution in [0.1, 0.15) is 41.6 Å². The van der Waals surface area contributed by atoms with Crippen LogP contribution in [-0.2, 0) is 4.74 Å². The number of ether oxygens (including phenoxy) is 1. The lowest BCUT2D eigenvalue weighted by molar-refractivity contribution is 0.0581. The first-order chi connectivity index (χ1) is 9.18. The molecule has 3 nitrogen and oxygen atoms in total. The lowest BCUT2D eigenvalue weighted by Crippen LogP contribution is -2.29. The minimum Gasteiger partial charge on any atom is -0.376 e. The fourth-order valence-electron chi connectivity index (χ4n) is 2.36. The minimum absolute atomic E-state index is 0.0110. The predicted octanol–water partition coefficient (Wildman–Crippen LogP) is 3.29. The molecule has 2 rings (SSSR count). The summed E-state index contributed by atoms with van der Waals surface area (Å²) in [6, 6.07) is 5.80. The van der Waals surface area contributed by atoms with Crippen molar-refractivity contribution in [3.8, 4) is 0 Å². The fourth-order valence-corrected chi connectivity index (χ4v) is 2.97. The normalized spacial score (nSPS) is 15.7. The molecule has 19 heavy (non-hydrogen) atoms. The van der Waals surface area contributed by atoms with Crippen LogP contribution in [-0.4, -0.2) is 25.2 Å². The fraction of sp³-hybridized carbons (Fsp3) is 0.533. The van der Waals surface area contributed by atoms with Crippen LogP contribution in [0.25, 0.3) is 0 Å². The van der Waals surface area contributed by atoms with Crippen molar-refractivity contribution < 1.29 is 9.53 Å². The van der Waals surface area contributed by atoms with Gasteiger partial charge in [-0.3, -0.25) is 4.79 Å². The third-order valence-electron chi connectivity index (χ3n) is 3.48. The molecule has 0 atom stereocenters. The number of carbonyl (C=O) groups excluding carboxylic acids is 1. The molecule has 1 aromatic carbocycles. The van der Waals surface area contributed by atoms with Gasteiger partial charge in [0.25, 0.3) is 5.91 Å². The van der Waals surface area contributed by atoms with E-state index in [1.165, 1.54) is 25.7 Å². The van der Waals surface area contributed by atoms with Crippen molar-refractivity contribution in [2.45, 2.75) is 38.7 Å². The summed E-state index contributed by atoms with van der Waals surface area (Å²) >= 11 is 2.22. The lowest BCUT2D eigenvalue weighted by Gasteiger charge is -2.12. The number of halogens is 1. The Bertz CT molecular complexity index is 442. The largest absolute Gasteiger partial charge is 0.376 e. The summed E-state index contributed by atoms with van der Waals surface area (Å²) in [5.41, 5.74) is 1.89. The van der Waals surface area contributed by atoms with Crippen LogP contribution in [0.15, 0.2) is 18.2 Å². The van der Waals surface area contributed by atoms with Crippen molar-refractivity contribution >= 4 is 28.5 Å². The average Bonchev–Trinajstić information content (AvgIpc) is 2.91. The molecule has 4 heteroatoms. The first-order valence-corrected chi connectivity index (χ1v) is 7.91. The van der Waals surface area contributed by atoms with E-state index in [-0.39, 0.29) is 5.91 Å². The Morgan fingerprint density at radius 2 is 2.16 bits per heavy atom. The number of aryl methyl sites for hydroxylation is 1. The molecule has 1 saturated carbocycles. The van der Waals surface area contributed by atoms with Crippen LogP contribution in [0, 0.1) is 10.5 Å². The zero-order chi connectivity index (χ0) is 13.7. The van der Waals surface area contributed by atoms with Gasteiger partial charge in [0.1, 0.15) is 0 Å². The van der Waals surface area contributed by atoms with Gasteiger partial charge in [-0.15, -0.1) is 0 Å². The second kappa shape index (κ2) is 7.24. The lowest BCUT2D eigenvalue weighted by atomic mass is 10.1. The van der Waals surface area contributed by atoms with E-state index in [0.717, 1.165) is 14.7 Å². The summed E-state index contributed by atoms with van der Waals surface area (Å²) in [4.78, 5) is 12.0. The summed E-state index contributed by atoms with van der Waals surface area (Å²) in [6.07, 6.45) is 5.31. The molecule has 104 valence electrons. The Kier molecular flexibility index (Phi) is 5.63. The van der Waals surface area contributed by atoms with Crippen molar-refractivity contribution in [3.05, 3.63) is 32.9 Å². The van der Waals surface area contributed by atoms with Crippen LogP contribution in [0.5, 0.6) is 0 Å². The Hall–Kier alpha value is -0.620. The minimum atomic E-state index is -0.0110. The van der Waals surface area contributed by atoms with E-state index in [1.807, 2.05) is 25.1 Å². The molecule has 0 saturated heterocycles. The number of rotatable bonds is 5. The third kappa shape index (κ3) is 4.18. The van der Waals surface area contributed by atoms with Gasteiger partial charge in [-0.25, -0.2) is 0 Å². The molecule has 0 spiro atoms. The highest BCUT2D eigenvalue weighted by molar-refractivity contribution is 14.1. The predicted molar refractivity (Wildman–Crippen MR) is 84.4 cm³/mol. The first-order valence-electron chi connectivity index (χ1n) is 6.83. The van der Waals surface area contributed by atoms with Crippen LogP contribution in [0.2, 0.25) is 0 Å². The van der Waals surface area contributed by atoms with Gasteiger partial charge in [0.05, 0.1) is 18.3 Å². The monoisotopic (exact) mass is 373 g/mol. The standard InChI is InChI=1S/C15H20INO2/c1-11-5-4-8-13(14(11)16)15(18)17-9-10-19-12-6-2-3-7-12/h4-5,8,12H,2-3,6-7,9-10H2,1H3,(H,17,18). The summed E-state index contributed by atoms with van der Waals surface area (Å²) in [7, 11) is 0. The van der Waals surface area contributed by atoms with E-state index in [0.29, 0.717) is 19.3 Å². The van der Waals surface area contributed by atoms with E-state index in [2.05, 4.69) is 27.9 Å². The number of amides is 1. The van der Waals surface area contributed by atoms with E-state index < -0.39 is 0 Å². The van der Waals surface area contributed by atoms with Crippen LogP contribution in [0.3, 0.4) is 0 Å². The summed E-state index contributed by atoms with van der Waals surface area (Å²) in [6.45, 7) is 3.21. The second-order valence-electron chi connectivity index (χ2n) is 4.97. The Labute approximate surface area is 128 Å². The molecule has 1 aromatic rings. The van der Waals surface area contributed by atoms with Crippen molar-refractivity contribution in [3.63, 3.8) is 0 Å². The molecule has 0 bridgehead atoms. The molecule has 0 aromatic heterocycles. The van der Waals surface area contributed by atoms with Crippen LogP contribution >= 0.6 is 22.6 Å². The second-order valence-corrected chi connectivity index (χ2v) is 6.05. The van der Waals surface area contributed by atoms with E-state index in [4.69, 9.17) is 4.74 Å². The molecular weight excluding hydrogens is 353 g/mol. The molecule has 1 N–H and O–H groups in total. The molecule has 1 aliphatic rings. The molecule has 1 amide bonds. The number of hydrogen-bond donors (Lipinski definition) is 1. The number of carbonyl (C=O) groups is 1. The average molecular weight is 373 g/mol. The third-order valence-corrected chi connectivity index (χ3v) is 4.91. The SMILES string of the molecule is Cc1cccc(C(=O)NCCOC2CCCC2)c1I. The van der Waals surface area contributed by atoms with Crippen LogP contribution < -0.4 is 5.32 Å². The van der Waals surface area contributed by atoms with Gasteiger partial charge < -0.3 is 10.1 Å². The van der Waals surface area contributed by atoms with E-state index in [9.17, 15) is 4.79 Å². The first kappa shape index (κ1) is 14.8. The smallest absolute Gasteiger partial charge is 0.252 e. The van der Waals surface area contributed by atoms with Crippen LogP contribution in [0.4, 0.5) is 0 Å². The molecule has 0 heterocycles. The molecular formula is C15H20INO2. The number of nitrogens with one attached hydrogen (secondary N) is 1. The number of benzene rings is 1. The van der Waals surface area contributed by atoms with Gasteiger partial charge in [-0.05, 0) is 54.0 Å². The van der Waals surface area contributed by atoms with Gasteiger partial charge in [-0.1, -0.05) is 25.0 Å². The van der Waals surface area contributed by atoms with Crippen molar-refractivity contribution in [2.24, 2.45) is 0 Å². The van der Waals surface area contributed by atoms with Gasteiger partial charge in [0, 0.05) is 10.1 Å². The Balaban J connectivity index is 1.76. The summed E-state index contributed by atoms with van der Waals surface area (Å²) < 4.78 is 6.75. The molecule has 0 unspecified atom stereocenters. The van der Waals surface area contributed by atoms with Gasteiger partial charge in [-0.2, -0.15) is 0 Å². The highest BCUT2D eigenvalue weighted by Gasteiger charge is 2.15. The maximum Gasteiger partial charge on any atom is 0.252 e. The van der Waals surface area contributed by atoms with Crippen molar-refractivity contribution in [1.82, 2.24) is 5.32 Å². The number of hydrogen-bond acceptors (Lipinski definition) is 2. The topological polar surface area (TPSA) is 38.3 Å². The van der Waals surface area contributed by atoms with Gasteiger partial charge >= 0.3 is 0 Å². The molecule has 1 fully saturated rings. The Morgan fingerprint density at radius 3 is 2.89 bits per heavy atom. The maximum atomic E-state index is 12.0. The highest BCUT2D eigenvalue weighted by atomic mass is 127. The Morgan fingerprint density at radius 1 is 1.42 bits per heavy atom. The summed E-state index contributed by atoms with van der Waals surface area (Å²) in [5.74, 6) is -0.0110. The van der Waals surface area contributed by atoms with E-state index >= 15 is 0 Å². The highest BCUT2D eigenvalue weighted by Crippen LogP contribution is 2.20. The molecule has 1 aliphatic carbocycles. The maximum absolute atomic E-state index is 12.0. The molecule has 0 aliphatic heterocycles. The van der Waals surface area contributed by atoms with Gasteiger partial charge in [0.2, 0.25) is 0 Å². The summed E-state index contributed by atoms with van der Waals surface area (Å²) in [5, 5.41) is 2.92. The van der Waals surface area contributed by atoms with Crippen molar-refractivity contribution in [1.29, 1.82) is 0 Å². The zero-order valence-electron chi connectivity index (χ0n) is 11.2. The molecule has 0 radical (unpaired) electrons. The van der Waals surface area contributed by atoms with Crippen molar-refractivity contribution in [2.75, 3.05) is 13.2 Å². The zero-order valence-corrected chi connectivity index (χ0v) is 13.4. The van der Waals surface area contributed by atoms with E-state index in [1.54, 1.807) is 0 Å². The quantitative estimate of drug-likeness (QED) is 0.636. The van der Waals surface area contributed by atoms with Gasteiger partial charge in [0.15, 0.2) is 0 Å².